The number of nitrogens with zero attached hydrogens (tertiary/aromatic N) is 4. The molecular weight excluding hydrogens is 362 g/mol. The van der Waals surface area contributed by atoms with Gasteiger partial charge in [-0.05, 0) is 55.2 Å². The van der Waals surface area contributed by atoms with Gasteiger partial charge < -0.3 is 10.2 Å². The average molecular weight is 398 g/mol. The molecule has 2 aliphatic rings. The van der Waals surface area contributed by atoms with Crippen LogP contribution < -0.4 is 10.2 Å². The summed E-state index contributed by atoms with van der Waals surface area (Å²) >= 11 is 0. The van der Waals surface area contributed by atoms with Gasteiger partial charge in [0.2, 0.25) is 0 Å². The molecule has 2 aromatic heterocycles. The molecule has 0 atom stereocenters. The van der Waals surface area contributed by atoms with Gasteiger partial charge in [-0.3, -0.25) is 14.5 Å². The molecule has 1 saturated heterocycles. The molecule has 0 unspecified atom stereocenters. The van der Waals surface area contributed by atoms with Crippen LogP contribution in [0.5, 0.6) is 0 Å². The molecule has 0 bridgehead atoms. The van der Waals surface area contributed by atoms with E-state index in [-0.39, 0.29) is 12.9 Å². The van der Waals surface area contributed by atoms with Crippen molar-refractivity contribution in [2.45, 2.75) is 58.4 Å². The highest BCUT2D eigenvalue weighted by molar-refractivity contribution is 5.94. The van der Waals surface area contributed by atoms with Gasteiger partial charge in [-0.2, -0.15) is 5.10 Å². The third-order valence-electron chi connectivity index (χ3n) is 6.58. The van der Waals surface area contributed by atoms with E-state index in [4.69, 9.17) is 0 Å². The second kappa shape index (κ2) is 7.47. The number of anilines is 1. The molecule has 0 aromatic carbocycles. The number of aryl methyl sites for hydroxylation is 1. The summed E-state index contributed by atoms with van der Waals surface area (Å²) < 4.78 is 1.81. The Labute approximate surface area is 175 Å². The summed E-state index contributed by atoms with van der Waals surface area (Å²) in [6, 6.07) is 5.99. The highest BCUT2D eigenvalue weighted by Crippen LogP contribution is 2.39. The molecule has 1 N–H and O–H groups in total. The summed E-state index contributed by atoms with van der Waals surface area (Å²) in [5.41, 5.74) is 2.84. The van der Waals surface area contributed by atoms with Crippen LogP contribution in [0.1, 0.15) is 64.1 Å². The largest absolute Gasteiger partial charge is 0.371 e. The molecule has 4 rings (SSSR count). The lowest BCUT2D eigenvalue weighted by molar-refractivity contribution is 0.0926. The fraction of sp³-hybridized carbons (Fsp3) is 0.609. The minimum absolute atomic E-state index is 0. The molecule has 2 aromatic rings. The van der Waals surface area contributed by atoms with Crippen LogP contribution in [-0.2, 0) is 13.5 Å². The van der Waals surface area contributed by atoms with Crippen LogP contribution in [0.25, 0.3) is 0 Å². The summed E-state index contributed by atoms with van der Waals surface area (Å²) in [6.45, 7) is 9.08. The van der Waals surface area contributed by atoms with E-state index in [1.54, 1.807) is 10.9 Å². The molecule has 3 heterocycles. The second-order valence-electron chi connectivity index (χ2n) is 9.92. The van der Waals surface area contributed by atoms with Crippen LogP contribution >= 0.6 is 0 Å². The molecular formula is C23H35N5O. The third kappa shape index (κ3) is 4.62. The quantitative estimate of drug-likeness (QED) is 0.833. The van der Waals surface area contributed by atoms with E-state index in [1.807, 2.05) is 31.4 Å². The number of carbonyl (C=O) groups excluding carboxylic acids is 1. The number of hydrogen-bond acceptors (Lipinski definition) is 4. The van der Waals surface area contributed by atoms with Crippen LogP contribution in [0.15, 0.2) is 30.6 Å². The number of piperidine rings is 1. The first-order valence-corrected chi connectivity index (χ1v) is 10.8. The predicted octanol–water partition coefficient (Wildman–Crippen LogP) is 3.83. The Kier molecular flexibility index (Phi) is 5.13. The van der Waals surface area contributed by atoms with Gasteiger partial charge in [-0.25, -0.2) is 0 Å². The Morgan fingerprint density at radius 1 is 1.28 bits per heavy atom. The normalized spacial score (nSPS) is 19.2. The van der Waals surface area contributed by atoms with Crippen molar-refractivity contribution in [2.24, 2.45) is 18.4 Å². The van der Waals surface area contributed by atoms with Gasteiger partial charge in [0, 0.05) is 51.6 Å². The molecule has 29 heavy (non-hydrogen) atoms. The van der Waals surface area contributed by atoms with Crippen LogP contribution in [0, 0.1) is 11.3 Å². The third-order valence-corrected chi connectivity index (χ3v) is 6.58. The highest BCUT2D eigenvalue weighted by atomic mass is 16.2. The number of rotatable bonds is 5. The zero-order chi connectivity index (χ0) is 20.6. The summed E-state index contributed by atoms with van der Waals surface area (Å²) in [7, 11) is 1.92. The number of carbonyl (C=O) groups is 1. The van der Waals surface area contributed by atoms with E-state index < -0.39 is 0 Å². The first kappa shape index (κ1) is 19.9. The lowest BCUT2D eigenvalue weighted by Crippen LogP contribution is -2.40. The van der Waals surface area contributed by atoms with E-state index in [2.05, 4.69) is 41.1 Å². The van der Waals surface area contributed by atoms with Crippen LogP contribution in [0.3, 0.4) is 0 Å². The predicted molar refractivity (Wildman–Crippen MR) is 117 cm³/mol. The Bertz CT molecular complexity index is 876. The molecule has 6 heteroatoms. The van der Waals surface area contributed by atoms with Crippen LogP contribution in [0.2, 0.25) is 0 Å². The molecule has 0 radical (unpaired) electrons. The summed E-state index contributed by atoms with van der Waals surface area (Å²) in [6.07, 6.45) is 8.87. The van der Waals surface area contributed by atoms with Crippen molar-refractivity contribution in [2.75, 3.05) is 18.0 Å². The number of aromatic nitrogens is 3. The second-order valence-corrected chi connectivity index (χ2v) is 9.92. The molecule has 0 spiro atoms. The standard InChI is InChI=1S/C23H33N5O.H2/c1-22(2,3)17-6-13-28(14-7-17)19-5-11-24-20(15-19)21(29)25-23(9-10-23)16-18-8-12-27(4)26-18;/h5,8,11-12,15,17H,6-7,9-10,13-14,16H2,1-4H3,(H,25,29);1H. The topological polar surface area (TPSA) is 63.1 Å². The van der Waals surface area contributed by atoms with Crippen molar-refractivity contribution in [1.82, 2.24) is 20.1 Å². The Hall–Kier alpha value is -2.37. The van der Waals surface area contributed by atoms with Crippen LogP contribution in [-0.4, -0.2) is 39.3 Å². The van der Waals surface area contributed by atoms with Crippen molar-refractivity contribution in [3.8, 4) is 0 Å². The van der Waals surface area contributed by atoms with Gasteiger partial charge >= 0.3 is 0 Å². The summed E-state index contributed by atoms with van der Waals surface area (Å²) in [5, 5.41) is 7.69. The average Bonchev–Trinajstić information content (AvgIpc) is 3.31. The van der Waals surface area contributed by atoms with Crippen molar-refractivity contribution in [3.05, 3.63) is 42.0 Å². The van der Waals surface area contributed by atoms with Gasteiger partial charge in [-0.15, -0.1) is 0 Å². The maximum atomic E-state index is 12.9. The van der Waals surface area contributed by atoms with Gasteiger partial charge in [0.1, 0.15) is 5.69 Å². The van der Waals surface area contributed by atoms with Gasteiger partial charge in [0.25, 0.3) is 5.91 Å². The van der Waals surface area contributed by atoms with E-state index in [1.165, 1.54) is 12.8 Å². The molecule has 158 valence electrons. The number of nitrogens with one attached hydrogen (secondary N) is 1. The fourth-order valence-electron chi connectivity index (χ4n) is 4.45. The minimum atomic E-state index is -0.159. The van der Waals surface area contributed by atoms with E-state index >= 15 is 0 Å². The number of hydrogen-bond donors (Lipinski definition) is 1. The van der Waals surface area contributed by atoms with Crippen molar-refractivity contribution < 1.29 is 6.22 Å². The highest BCUT2D eigenvalue weighted by Gasteiger charge is 2.44. The van der Waals surface area contributed by atoms with Crippen molar-refractivity contribution >= 4 is 11.6 Å². The Morgan fingerprint density at radius 3 is 2.59 bits per heavy atom. The van der Waals surface area contributed by atoms with Gasteiger partial charge in [0.05, 0.1) is 5.69 Å². The molecule has 1 aliphatic heterocycles. The lowest BCUT2D eigenvalue weighted by Gasteiger charge is -2.39. The molecule has 6 nitrogen and oxygen atoms in total. The minimum Gasteiger partial charge on any atom is -0.371 e. The van der Waals surface area contributed by atoms with Crippen molar-refractivity contribution in [3.63, 3.8) is 0 Å². The van der Waals surface area contributed by atoms with E-state index in [0.717, 1.165) is 49.7 Å². The summed E-state index contributed by atoms with van der Waals surface area (Å²) in [5.74, 6) is 0.675. The zero-order valence-corrected chi connectivity index (χ0v) is 18.1. The smallest absolute Gasteiger partial charge is 0.270 e. The molecule has 2 fully saturated rings. The maximum absolute atomic E-state index is 12.9. The Morgan fingerprint density at radius 2 is 2.00 bits per heavy atom. The molecule has 1 saturated carbocycles. The number of pyridine rings is 1. The van der Waals surface area contributed by atoms with E-state index in [9.17, 15) is 4.79 Å². The molecule has 1 aliphatic carbocycles. The Balaban J connectivity index is 0.00000256. The lowest BCUT2D eigenvalue weighted by atomic mass is 9.75. The first-order chi connectivity index (χ1) is 13.7. The van der Waals surface area contributed by atoms with Gasteiger partial charge in [0.15, 0.2) is 0 Å². The molecule has 1 amide bonds. The van der Waals surface area contributed by atoms with Gasteiger partial charge in [-0.1, -0.05) is 20.8 Å². The number of amides is 1. The maximum Gasteiger partial charge on any atom is 0.270 e. The zero-order valence-electron chi connectivity index (χ0n) is 18.1. The monoisotopic (exact) mass is 397 g/mol. The first-order valence-electron chi connectivity index (χ1n) is 10.8. The summed E-state index contributed by atoms with van der Waals surface area (Å²) in [4.78, 5) is 19.6. The SMILES string of the molecule is Cn1ccc(CC2(NC(=O)c3cc(N4CCC(C(C)(C)C)CC4)ccn3)CC2)n1.[HH]. The van der Waals surface area contributed by atoms with Crippen LogP contribution in [0.4, 0.5) is 5.69 Å². The fourth-order valence-corrected chi connectivity index (χ4v) is 4.45. The van der Waals surface area contributed by atoms with E-state index in [0.29, 0.717) is 11.1 Å². The van der Waals surface area contributed by atoms with Crippen molar-refractivity contribution in [1.29, 1.82) is 0 Å².